The summed E-state index contributed by atoms with van der Waals surface area (Å²) in [6, 6.07) is 3.70. The largest absolute Gasteiger partial charge is 0.366 e. The van der Waals surface area contributed by atoms with Gasteiger partial charge in [-0.15, -0.1) is 0 Å². The highest BCUT2D eigenvalue weighted by molar-refractivity contribution is 6.00. The Morgan fingerprint density at radius 1 is 1.18 bits per heavy atom. The average molecular weight is 296 g/mol. The van der Waals surface area contributed by atoms with Crippen LogP contribution < -0.4 is 5.73 Å². The molecule has 1 aromatic carbocycles. The fraction of sp³-hybridized carbons (Fsp3) is 0.333. The van der Waals surface area contributed by atoms with E-state index in [0.29, 0.717) is 12.0 Å². The van der Waals surface area contributed by atoms with Gasteiger partial charge in [0.05, 0.1) is 11.3 Å². The highest BCUT2D eigenvalue weighted by Gasteiger charge is 2.24. The molecule has 1 amide bonds. The maximum Gasteiger partial charge on any atom is 0.250 e. The number of rotatable bonds is 2. The van der Waals surface area contributed by atoms with Gasteiger partial charge in [-0.2, -0.15) is 0 Å². The molecule has 0 unspecified atom stereocenters. The quantitative estimate of drug-likeness (QED) is 0.925. The molecule has 0 radical (unpaired) electrons. The van der Waals surface area contributed by atoms with E-state index in [0.717, 1.165) is 46.5 Å². The molecular formula is C18H20N2O2. The molecule has 0 saturated heterocycles. The van der Waals surface area contributed by atoms with Crippen LogP contribution in [0, 0.1) is 20.8 Å². The molecule has 2 aromatic rings. The smallest absolute Gasteiger partial charge is 0.250 e. The number of carbonyl (C=O) groups excluding carboxylic acids is 2. The first-order chi connectivity index (χ1) is 10.4. The van der Waals surface area contributed by atoms with Crippen molar-refractivity contribution >= 4 is 11.7 Å². The Labute approximate surface area is 129 Å². The Bertz CT molecular complexity index is 800. The van der Waals surface area contributed by atoms with Gasteiger partial charge < -0.3 is 10.3 Å². The molecule has 0 bridgehead atoms. The molecule has 0 saturated carbocycles. The van der Waals surface area contributed by atoms with Crippen LogP contribution in [0.4, 0.5) is 0 Å². The third-order valence-electron chi connectivity index (χ3n) is 4.74. The predicted octanol–water partition coefficient (Wildman–Crippen LogP) is 3.02. The molecule has 1 aliphatic carbocycles. The van der Waals surface area contributed by atoms with E-state index in [1.54, 1.807) is 0 Å². The van der Waals surface area contributed by atoms with Crippen LogP contribution in [-0.2, 0) is 6.42 Å². The standard InChI is InChI=1S/C18H20N2O2/c1-10-9-14(18(19)22)17(12(3)11(10)2)20-8-7-13-15(20)5-4-6-16(13)21/h7-9H,4-6H2,1-3H3,(H2,19,22). The van der Waals surface area contributed by atoms with Crippen LogP contribution in [0.3, 0.4) is 0 Å². The SMILES string of the molecule is Cc1cc(C(N)=O)c(-n2ccc3c2CCCC3=O)c(C)c1C. The van der Waals surface area contributed by atoms with Crippen LogP contribution >= 0.6 is 0 Å². The lowest BCUT2D eigenvalue weighted by molar-refractivity contribution is 0.0970. The Kier molecular flexibility index (Phi) is 3.39. The second-order valence-electron chi connectivity index (χ2n) is 6.03. The first-order valence-corrected chi connectivity index (χ1v) is 7.56. The number of nitrogens with zero attached hydrogens (tertiary/aromatic N) is 1. The van der Waals surface area contributed by atoms with Gasteiger partial charge in [0.2, 0.25) is 0 Å². The van der Waals surface area contributed by atoms with Gasteiger partial charge in [-0.1, -0.05) is 0 Å². The molecule has 1 aromatic heterocycles. The number of fused-ring (bicyclic) bond motifs is 1. The maximum atomic E-state index is 12.0. The lowest BCUT2D eigenvalue weighted by atomic mass is 9.94. The fourth-order valence-electron chi connectivity index (χ4n) is 3.30. The number of nitrogens with two attached hydrogens (primary N) is 1. The fourth-order valence-corrected chi connectivity index (χ4v) is 3.30. The van der Waals surface area contributed by atoms with Gasteiger partial charge in [0.25, 0.3) is 5.91 Å². The minimum atomic E-state index is -0.439. The van der Waals surface area contributed by atoms with Crippen LogP contribution in [0.1, 0.15) is 55.9 Å². The molecule has 4 nitrogen and oxygen atoms in total. The van der Waals surface area contributed by atoms with Crippen molar-refractivity contribution in [2.45, 2.75) is 40.0 Å². The molecule has 22 heavy (non-hydrogen) atoms. The number of benzene rings is 1. The monoisotopic (exact) mass is 296 g/mol. The van der Waals surface area contributed by atoms with Gasteiger partial charge >= 0.3 is 0 Å². The Morgan fingerprint density at radius 2 is 1.91 bits per heavy atom. The van der Waals surface area contributed by atoms with Crippen LogP contribution in [0.2, 0.25) is 0 Å². The summed E-state index contributed by atoms with van der Waals surface area (Å²) >= 11 is 0. The zero-order chi connectivity index (χ0) is 16.0. The second-order valence-corrected chi connectivity index (χ2v) is 6.03. The molecule has 3 rings (SSSR count). The number of hydrogen-bond donors (Lipinski definition) is 1. The highest BCUT2D eigenvalue weighted by Crippen LogP contribution is 2.31. The topological polar surface area (TPSA) is 65.1 Å². The number of amides is 1. The molecule has 114 valence electrons. The first-order valence-electron chi connectivity index (χ1n) is 7.56. The van der Waals surface area contributed by atoms with E-state index >= 15 is 0 Å². The van der Waals surface area contributed by atoms with Crippen LogP contribution in [0.5, 0.6) is 0 Å². The van der Waals surface area contributed by atoms with Gasteiger partial charge in [-0.05, 0) is 62.4 Å². The zero-order valence-electron chi connectivity index (χ0n) is 13.2. The molecule has 4 heteroatoms. The summed E-state index contributed by atoms with van der Waals surface area (Å²) in [7, 11) is 0. The van der Waals surface area contributed by atoms with Crippen LogP contribution in [0.25, 0.3) is 5.69 Å². The number of hydrogen-bond acceptors (Lipinski definition) is 2. The van der Waals surface area contributed by atoms with E-state index in [4.69, 9.17) is 5.73 Å². The van der Waals surface area contributed by atoms with E-state index in [2.05, 4.69) is 0 Å². The molecule has 0 spiro atoms. The second kappa shape index (κ2) is 5.13. The van der Waals surface area contributed by atoms with Crippen molar-refractivity contribution in [3.8, 4) is 5.69 Å². The van der Waals surface area contributed by atoms with Gasteiger partial charge in [-0.3, -0.25) is 9.59 Å². The van der Waals surface area contributed by atoms with Gasteiger partial charge in [0.1, 0.15) is 0 Å². The van der Waals surface area contributed by atoms with Gasteiger partial charge in [0.15, 0.2) is 5.78 Å². The summed E-state index contributed by atoms with van der Waals surface area (Å²) in [5, 5.41) is 0. The molecule has 0 aliphatic heterocycles. The van der Waals surface area contributed by atoms with Crippen molar-refractivity contribution in [3.05, 3.63) is 51.8 Å². The van der Waals surface area contributed by atoms with Crippen molar-refractivity contribution in [3.63, 3.8) is 0 Å². The van der Waals surface area contributed by atoms with Crippen LogP contribution in [0.15, 0.2) is 18.3 Å². The van der Waals surface area contributed by atoms with Crippen molar-refractivity contribution < 1.29 is 9.59 Å². The first kappa shape index (κ1) is 14.6. The Hall–Kier alpha value is -2.36. The molecule has 0 atom stereocenters. The minimum absolute atomic E-state index is 0.183. The summed E-state index contributed by atoms with van der Waals surface area (Å²) < 4.78 is 1.98. The highest BCUT2D eigenvalue weighted by atomic mass is 16.1. The zero-order valence-corrected chi connectivity index (χ0v) is 13.2. The summed E-state index contributed by atoms with van der Waals surface area (Å²) in [6.45, 7) is 6.02. The predicted molar refractivity (Wildman–Crippen MR) is 85.8 cm³/mol. The molecular weight excluding hydrogens is 276 g/mol. The maximum absolute atomic E-state index is 12.0. The summed E-state index contributed by atoms with van der Waals surface area (Å²) in [5.41, 5.74) is 11.9. The van der Waals surface area contributed by atoms with E-state index in [1.165, 1.54) is 0 Å². The number of Topliss-reactive ketones (excluding diaryl/α,β-unsaturated/α-hetero) is 1. The lowest BCUT2D eigenvalue weighted by Crippen LogP contribution is -2.19. The summed E-state index contributed by atoms with van der Waals surface area (Å²) in [5.74, 6) is -0.257. The summed E-state index contributed by atoms with van der Waals surface area (Å²) in [6.07, 6.45) is 4.19. The Morgan fingerprint density at radius 3 is 2.59 bits per heavy atom. The molecule has 2 N–H and O–H groups in total. The lowest BCUT2D eigenvalue weighted by Gasteiger charge is -2.20. The van der Waals surface area contributed by atoms with Crippen molar-refractivity contribution in [2.75, 3.05) is 0 Å². The van der Waals surface area contributed by atoms with E-state index < -0.39 is 5.91 Å². The molecule has 1 heterocycles. The number of aromatic nitrogens is 1. The third-order valence-corrected chi connectivity index (χ3v) is 4.74. The van der Waals surface area contributed by atoms with Crippen molar-refractivity contribution in [2.24, 2.45) is 5.73 Å². The normalized spacial score (nSPS) is 14.0. The minimum Gasteiger partial charge on any atom is -0.366 e. The van der Waals surface area contributed by atoms with Gasteiger partial charge in [-0.25, -0.2) is 0 Å². The molecule has 1 aliphatic rings. The van der Waals surface area contributed by atoms with E-state index in [1.807, 2.05) is 43.7 Å². The average Bonchev–Trinajstić information content (AvgIpc) is 2.89. The number of carbonyl (C=O) groups is 2. The number of primary amides is 1. The van der Waals surface area contributed by atoms with Gasteiger partial charge in [0, 0.05) is 23.9 Å². The number of aryl methyl sites for hydroxylation is 1. The third kappa shape index (κ3) is 2.06. The van der Waals surface area contributed by atoms with E-state index in [9.17, 15) is 9.59 Å². The number of ketones is 1. The summed E-state index contributed by atoms with van der Waals surface area (Å²) in [4.78, 5) is 24.0. The molecule has 0 fully saturated rings. The van der Waals surface area contributed by atoms with Crippen LogP contribution in [-0.4, -0.2) is 16.3 Å². The van der Waals surface area contributed by atoms with Crippen molar-refractivity contribution in [1.82, 2.24) is 4.57 Å². The Balaban J connectivity index is 2.32. The van der Waals surface area contributed by atoms with Crippen molar-refractivity contribution in [1.29, 1.82) is 0 Å². The van der Waals surface area contributed by atoms with E-state index in [-0.39, 0.29) is 5.78 Å².